The molecule has 3 aromatic carbocycles. The normalized spacial score (nSPS) is 12.8. The third kappa shape index (κ3) is 11.9. The molecule has 4 aromatic rings. The smallest absolute Gasteiger partial charge is 0.326 e. The number of aromatic amines is 1. The van der Waals surface area contributed by atoms with Crippen LogP contribution in [0.25, 0.3) is 0 Å². The van der Waals surface area contributed by atoms with Crippen LogP contribution >= 0.6 is 0 Å². The number of hydrogen-bond donors (Lipinski definition) is 6. The van der Waals surface area contributed by atoms with E-state index in [9.17, 15) is 29.4 Å². The molecule has 11 nitrogen and oxygen atoms in total. The van der Waals surface area contributed by atoms with Crippen LogP contribution in [-0.2, 0) is 51.3 Å². The Morgan fingerprint density at radius 3 is 1.94 bits per heavy atom. The molecule has 258 valence electrons. The molecular weight excluding hydrogens is 622 g/mol. The SMILES string of the molecule is CCCCCc1ccccc1CCC(=O)N[C@H](Cc1cnc[nH]1)C(=O)N[C@@H](Cc1ccc(O)cc1)C(=O)N[C@@H](Cc1ccccc1)C(=O)O. The zero-order valence-electron chi connectivity index (χ0n) is 27.7. The molecule has 49 heavy (non-hydrogen) atoms. The highest BCUT2D eigenvalue weighted by Crippen LogP contribution is 2.16. The van der Waals surface area contributed by atoms with E-state index < -0.39 is 35.9 Å². The van der Waals surface area contributed by atoms with Crippen molar-refractivity contribution in [3.05, 3.63) is 119 Å². The van der Waals surface area contributed by atoms with Gasteiger partial charge in [0.15, 0.2) is 0 Å². The molecule has 0 radical (unpaired) electrons. The molecule has 0 bridgehead atoms. The summed E-state index contributed by atoms with van der Waals surface area (Å²) in [4.78, 5) is 59.9. The molecule has 0 saturated carbocycles. The molecule has 6 N–H and O–H groups in total. The number of unbranched alkanes of at least 4 members (excludes halogenated alkanes) is 2. The van der Waals surface area contributed by atoms with Crippen molar-refractivity contribution in [1.82, 2.24) is 25.9 Å². The number of imidazole rings is 1. The highest BCUT2D eigenvalue weighted by molar-refractivity contribution is 5.93. The van der Waals surface area contributed by atoms with Crippen molar-refractivity contribution in [3.8, 4) is 5.75 Å². The van der Waals surface area contributed by atoms with Crippen molar-refractivity contribution in [1.29, 1.82) is 0 Å². The quantitative estimate of drug-likeness (QED) is 0.0819. The summed E-state index contributed by atoms with van der Waals surface area (Å²) in [5, 5.41) is 27.9. The molecular formula is C38H45N5O6. The molecule has 1 heterocycles. The van der Waals surface area contributed by atoms with E-state index in [0.717, 1.165) is 36.8 Å². The van der Waals surface area contributed by atoms with E-state index in [2.05, 4.69) is 38.9 Å². The first kappa shape index (κ1) is 36.4. The average Bonchev–Trinajstić information content (AvgIpc) is 3.61. The highest BCUT2D eigenvalue weighted by Gasteiger charge is 2.30. The molecule has 0 spiro atoms. The lowest BCUT2D eigenvalue weighted by Gasteiger charge is -2.25. The minimum Gasteiger partial charge on any atom is -0.508 e. The number of phenolic OH excluding ortho intramolecular Hbond substituents is 1. The molecule has 11 heteroatoms. The Morgan fingerprint density at radius 1 is 0.714 bits per heavy atom. The van der Waals surface area contributed by atoms with Crippen LogP contribution in [0.1, 0.15) is 60.6 Å². The van der Waals surface area contributed by atoms with Gasteiger partial charge < -0.3 is 31.1 Å². The summed E-state index contributed by atoms with van der Waals surface area (Å²) in [6, 6.07) is 19.7. The fraction of sp³-hybridized carbons (Fsp3) is 0.342. The van der Waals surface area contributed by atoms with E-state index in [4.69, 9.17) is 0 Å². The van der Waals surface area contributed by atoms with Crippen LogP contribution in [0.15, 0.2) is 91.4 Å². The first-order chi connectivity index (χ1) is 23.7. The summed E-state index contributed by atoms with van der Waals surface area (Å²) in [7, 11) is 0. The van der Waals surface area contributed by atoms with E-state index in [1.165, 1.54) is 24.0 Å². The largest absolute Gasteiger partial charge is 0.508 e. The number of carboxylic acids is 1. The number of aryl methyl sites for hydroxylation is 2. The van der Waals surface area contributed by atoms with Crippen molar-refractivity contribution >= 4 is 23.7 Å². The van der Waals surface area contributed by atoms with Crippen molar-refractivity contribution in [2.24, 2.45) is 0 Å². The van der Waals surface area contributed by atoms with Crippen LogP contribution in [0.2, 0.25) is 0 Å². The number of rotatable bonds is 19. The number of amides is 3. The Bertz CT molecular complexity index is 1640. The molecule has 0 aliphatic rings. The van der Waals surface area contributed by atoms with Gasteiger partial charge in [0, 0.05) is 37.6 Å². The number of phenols is 1. The van der Waals surface area contributed by atoms with Crippen LogP contribution in [0.5, 0.6) is 5.75 Å². The molecule has 0 fully saturated rings. The Hall–Kier alpha value is -5.45. The third-order valence-electron chi connectivity index (χ3n) is 8.33. The minimum atomic E-state index is -1.25. The molecule has 4 rings (SSSR count). The van der Waals surface area contributed by atoms with E-state index in [0.29, 0.717) is 17.7 Å². The lowest BCUT2D eigenvalue weighted by Crippen LogP contribution is -2.57. The van der Waals surface area contributed by atoms with Crippen LogP contribution in [0.3, 0.4) is 0 Å². The number of carbonyl (C=O) groups is 4. The second-order valence-electron chi connectivity index (χ2n) is 12.1. The number of nitrogens with zero attached hydrogens (tertiary/aromatic N) is 1. The van der Waals surface area contributed by atoms with Gasteiger partial charge in [-0.1, -0.05) is 86.5 Å². The summed E-state index contributed by atoms with van der Waals surface area (Å²) in [5.41, 5.74) is 4.26. The van der Waals surface area contributed by atoms with Gasteiger partial charge in [-0.3, -0.25) is 14.4 Å². The highest BCUT2D eigenvalue weighted by atomic mass is 16.4. The van der Waals surface area contributed by atoms with Crippen LogP contribution < -0.4 is 16.0 Å². The van der Waals surface area contributed by atoms with Crippen molar-refractivity contribution < 1.29 is 29.4 Å². The van der Waals surface area contributed by atoms with Gasteiger partial charge in [-0.05, 0) is 53.6 Å². The molecule has 3 amide bonds. The Kier molecular flexibility index (Phi) is 13.9. The van der Waals surface area contributed by atoms with Crippen LogP contribution in [-0.4, -0.2) is 62.0 Å². The number of aromatic hydroxyl groups is 1. The molecule has 0 aliphatic heterocycles. The van der Waals surface area contributed by atoms with Gasteiger partial charge >= 0.3 is 5.97 Å². The Labute approximate surface area is 286 Å². The number of aliphatic carboxylic acids is 1. The summed E-state index contributed by atoms with van der Waals surface area (Å²) in [5.74, 6) is -2.82. The number of benzene rings is 3. The van der Waals surface area contributed by atoms with E-state index in [1.807, 2.05) is 24.3 Å². The maximum Gasteiger partial charge on any atom is 0.326 e. The van der Waals surface area contributed by atoms with Crippen molar-refractivity contribution in [2.75, 3.05) is 0 Å². The summed E-state index contributed by atoms with van der Waals surface area (Å²) in [6.45, 7) is 2.16. The maximum atomic E-state index is 13.9. The summed E-state index contributed by atoms with van der Waals surface area (Å²) in [6.07, 6.45) is 8.11. The number of hydrogen-bond acceptors (Lipinski definition) is 6. The maximum absolute atomic E-state index is 13.9. The summed E-state index contributed by atoms with van der Waals surface area (Å²) < 4.78 is 0. The Morgan fingerprint density at radius 2 is 1.31 bits per heavy atom. The first-order valence-corrected chi connectivity index (χ1v) is 16.7. The number of aromatic nitrogens is 2. The molecule has 3 atom stereocenters. The van der Waals surface area contributed by atoms with Gasteiger partial charge in [0.1, 0.15) is 23.9 Å². The van der Waals surface area contributed by atoms with Gasteiger partial charge in [0.25, 0.3) is 0 Å². The molecule has 0 saturated heterocycles. The third-order valence-corrected chi connectivity index (χ3v) is 8.33. The minimum absolute atomic E-state index is 0.00900. The fourth-order valence-corrected chi connectivity index (χ4v) is 5.62. The second kappa shape index (κ2) is 18.8. The number of nitrogens with one attached hydrogen (secondary N) is 4. The zero-order valence-corrected chi connectivity index (χ0v) is 27.7. The first-order valence-electron chi connectivity index (χ1n) is 16.7. The second-order valence-corrected chi connectivity index (χ2v) is 12.1. The predicted molar refractivity (Wildman–Crippen MR) is 186 cm³/mol. The van der Waals surface area contributed by atoms with E-state index >= 15 is 0 Å². The van der Waals surface area contributed by atoms with Crippen molar-refractivity contribution in [2.45, 2.75) is 82.8 Å². The van der Waals surface area contributed by atoms with Gasteiger partial charge in [0.05, 0.1) is 6.33 Å². The van der Waals surface area contributed by atoms with Gasteiger partial charge in [-0.2, -0.15) is 0 Å². The molecule has 0 aliphatic carbocycles. The predicted octanol–water partition coefficient (Wildman–Crippen LogP) is 4.05. The summed E-state index contributed by atoms with van der Waals surface area (Å²) >= 11 is 0. The molecule has 1 aromatic heterocycles. The standard InChI is InChI=1S/C38H45N5O6/c1-2-3-5-12-28-13-8-9-14-29(28)17-20-35(45)41-33(23-30-24-39-25-40-30)37(47)42-32(21-27-15-18-31(44)19-16-27)36(46)43-34(38(48)49)22-26-10-6-4-7-11-26/h4,6-11,13-16,18-19,24-25,32-34,44H,2-3,5,12,17,20-23H2,1H3,(H,39,40)(H,41,45)(H,42,47)(H,43,46)(H,48,49)/t32-,33+,34-/m0/s1. The number of carbonyl (C=O) groups excluding carboxylic acids is 3. The van der Waals surface area contributed by atoms with E-state index in [1.54, 1.807) is 42.6 Å². The van der Waals surface area contributed by atoms with Gasteiger partial charge in [0.2, 0.25) is 17.7 Å². The topological polar surface area (TPSA) is 174 Å². The van der Waals surface area contributed by atoms with Crippen molar-refractivity contribution in [3.63, 3.8) is 0 Å². The monoisotopic (exact) mass is 667 g/mol. The zero-order chi connectivity index (χ0) is 35.0. The van der Waals surface area contributed by atoms with E-state index in [-0.39, 0.29) is 37.3 Å². The fourth-order valence-electron chi connectivity index (χ4n) is 5.62. The van der Waals surface area contributed by atoms with Gasteiger partial charge in [-0.15, -0.1) is 0 Å². The van der Waals surface area contributed by atoms with Crippen LogP contribution in [0, 0.1) is 0 Å². The van der Waals surface area contributed by atoms with Crippen LogP contribution in [0.4, 0.5) is 0 Å². The van der Waals surface area contributed by atoms with Gasteiger partial charge in [-0.25, -0.2) is 9.78 Å². The Balaban J connectivity index is 1.49. The lowest BCUT2D eigenvalue weighted by molar-refractivity contribution is -0.142. The number of carboxylic acid groups (broad SMARTS) is 1. The number of H-pyrrole nitrogens is 1. The average molecular weight is 668 g/mol. The molecule has 0 unspecified atom stereocenters. The lowest BCUT2D eigenvalue weighted by atomic mass is 9.98.